The highest BCUT2D eigenvalue weighted by molar-refractivity contribution is 7.90. The number of rotatable bonds is 5. The van der Waals surface area contributed by atoms with E-state index in [-0.39, 0.29) is 22.9 Å². The van der Waals surface area contributed by atoms with E-state index >= 15 is 0 Å². The van der Waals surface area contributed by atoms with Crippen molar-refractivity contribution in [2.24, 2.45) is 0 Å². The number of sulfonamides is 2. The Kier molecular flexibility index (Phi) is 6.22. The van der Waals surface area contributed by atoms with E-state index in [4.69, 9.17) is 0 Å². The Hall–Kier alpha value is -2.52. The number of aryl methyl sites for hydroxylation is 2. The smallest absolute Gasteiger partial charge is 0.207 e. The Labute approximate surface area is 190 Å². The van der Waals surface area contributed by atoms with E-state index in [0.29, 0.717) is 12.0 Å². The fourth-order valence-corrected chi connectivity index (χ4v) is 7.22. The number of hydrogen-bond donors (Lipinski definition) is 0. The van der Waals surface area contributed by atoms with Crippen LogP contribution in [0.25, 0.3) is 0 Å². The van der Waals surface area contributed by atoms with Crippen molar-refractivity contribution < 1.29 is 16.8 Å². The maximum absolute atomic E-state index is 13.6. The molecule has 3 aromatic rings. The summed E-state index contributed by atoms with van der Waals surface area (Å²) in [6.45, 7) is 4.24. The highest BCUT2D eigenvalue weighted by atomic mass is 32.2. The van der Waals surface area contributed by atoms with Gasteiger partial charge in [0.1, 0.15) is 6.17 Å². The van der Waals surface area contributed by atoms with Crippen LogP contribution in [0.3, 0.4) is 0 Å². The van der Waals surface area contributed by atoms with Gasteiger partial charge in [-0.05, 0) is 50.1 Å². The summed E-state index contributed by atoms with van der Waals surface area (Å²) >= 11 is 0. The number of nitrogens with zero attached hydrogens (tertiary/aromatic N) is 2. The first-order valence-corrected chi connectivity index (χ1v) is 13.3. The van der Waals surface area contributed by atoms with E-state index in [2.05, 4.69) is 0 Å². The van der Waals surface area contributed by atoms with Crippen molar-refractivity contribution in [1.82, 2.24) is 8.61 Å². The standard InChI is InChI=1S/C24H26N2O4S2/c1-19-9-13-22(14-10-19)31(27,28)25-17-6-18-26(24(25)21-7-4-3-5-8-21)32(29,30)23-15-11-20(2)12-16-23/h3-5,7-16,24H,6,17-18H2,1-2H3. The lowest BCUT2D eigenvalue weighted by Gasteiger charge is -2.42. The third-order valence-electron chi connectivity index (χ3n) is 5.66. The molecule has 8 heteroatoms. The predicted molar refractivity (Wildman–Crippen MR) is 124 cm³/mol. The average molecular weight is 471 g/mol. The van der Waals surface area contributed by atoms with Crippen molar-refractivity contribution in [3.63, 3.8) is 0 Å². The average Bonchev–Trinajstić information content (AvgIpc) is 2.80. The van der Waals surface area contributed by atoms with Gasteiger partial charge in [-0.25, -0.2) is 16.8 Å². The second kappa shape index (κ2) is 8.78. The molecule has 1 heterocycles. The normalized spacial score (nSPS) is 16.8. The molecule has 1 aliphatic rings. The highest BCUT2D eigenvalue weighted by Crippen LogP contribution is 2.37. The van der Waals surface area contributed by atoms with Gasteiger partial charge in [0, 0.05) is 13.1 Å². The summed E-state index contributed by atoms with van der Waals surface area (Å²) in [4.78, 5) is 0.303. The van der Waals surface area contributed by atoms with E-state index in [1.54, 1.807) is 72.8 Å². The zero-order valence-corrected chi connectivity index (χ0v) is 19.7. The summed E-state index contributed by atoms with van der Waals surface area (Å²) in [5.41, 5.74) is 2.51. The Morgan fingerprint density at radius 3 is 1.44 bits per heavy atom. The van der Waals surface area contributed by atoms with Gasteiger partial charge in [-0.2, -0.15) is 8.61 Å². The SMILES string of the molecule is Cc1ccc(S(=O)(=O)N2CCCN(S(=O)(=O)c3ccc(C)cc3)C2c2ccccc2)cc1. The summed E-state index contributed by atoms with van der Waals surface area (Å²) in [6.07, 6.45) is -0.568. The Morgan fingerprint density at radius 1 is 0.625 bits per heavy atom. The van der Waals surface area contributed by atoms with Crippen LogP contribution in [-0.4, -0.2) is 38.5 Å². The van der Waals surface area contributed by atoms with Crippen molar-refractivity contribution in [2.45, 2.75) is 36.2 Å². The molecule has 1 aliphatic heterocycles. The molecular weight excluding hydrogens is 444 g/mol. The minimum absolute atomic E-state index is 0.151. The summed E-state index contributed by atoms with van der Waals surface area (Å²) in [7, 11) is -7.86. The second-order valence-corrected chi connectivity index (χ2v) is 11.8. The molecule has 0 amide bonds. The van der Waals surface area contributed by atoms with Crippen LogP contribution in [-0.2, 0) is 20.0 Å². The van der Waals surface area contributed by atoms with Crippen LogP contribution in [0, 0.1) is 13.8 Å². The van der Waals surface area contributed by atoms with Crippen molar-refractivity contribution in [3.8, 4) is 0 Å². The first-order chi connectivity index (χ1) is 15.2. The first kappa shape index (κ1) is 22.7. The quantitative estimate of drug-likeness (QED) is 0.563. The fraction of sp³-hybridized carbons (Fsp3) is 0.250. The van der Waals surface area contributed by atoms with Crippen LogP contribution < -0.4 is 0 Å². The Bertz CT molecular complexity index is 1200. The van der Waals surface area contributed by atoms with E-state index in [1.807, 2.05) is 19.9 Å². The van der Waals surface area contributed by atoms with Gasteiger partial charge in [0.15, 0.2) is 0 Å². The van der Waals surface area contributed by atoms with Gasteiger partial charge in [-0.15, -0.1) is 0 Å². The second-order valence-electron chi connectivity index (χ2n) is 8.00. The minimum Gasteiger partial charge on any atom is -0.207 e. The summed E-state index contributed by atoms with van der Waals surface area (Å²) in [6, 6.07) is 22.2. The zero-order valence-electron chi connectivity index (χ0n) is 18.0. The molecular formula is C24H26N2O4S2. The molecule has 0 unspecified atom stereocenters. The van der Waals surface area contributed by atoms with Crippen LogP contribution in [0.15, 0.2) is 88.7 Å². The molecule has 1 saturated heterocycles. The summed E-state index contributed by atoms with van der Waals surface area (Å²) in [5.74, 6) is 0. The largest absolute Gasteiger partial charge is 0.244 e. The lowest BCUT2D eigenvalue weighted by atomic mass is 10.1. The van der Waals surface area contributed by atoms with E-state index < -0.39 is 26.2 Å². The van der Waals surface area contributed by atoms with Crippen LogP contribution in [0.2, 0.25) is 0 Å². The Balaban J connectivity index is 1.84. The van der Waals surface area contributed by atoms with Crippen molar-refractivity contribution in [2.75, 3.05) is 13.1 Å². The van der Waals surface area contributed by atoms with Gasteiger partial charge in [-0.3, -0.25) is 0 Å². The molecule has 0 bridgehead atoms. The molecule has 3 aromatic carbocycles. The molecule has 0 spiro atoms. The van der Waals surface area contributed by atoms with Gasteiger partial charge in [0.2, 0.25) is 20.0 Å². The maximum atomic E-state index is 13.6. The van der Waals surface area contributed by atoms with Gasteiger partial charge in [0.25, 0.3) is 0 Å². The molecule has 0 aromatic heterocycles. The van der Waals surface area contributed by atoms with Crippen LogP contribution in [0.5, 0.6) is 0 Å². The summed E-state index contributed by atoms with van der Waals surface area (Å²) in [5, 5.41) is 0. The minimum atomic E-state index is -3.93. The lowest BCUT2D eigenvalue weighted by molar-refractivity contribution is 0.135. The molecule has 6 nitrogen and oxygen atoms in total. The number of benzene rings is 3. The van der Waals surface area contributed by atoms with Crippen molar-refractivity contribution in [1.29, 1.82) is 0 Å². The van der Waals surface area contributed by atoms with Crippen molar-refractivity contribution >= 4 is 20.0 Å². The van der Waals surface area contributed by atoms with E-state index in [1.165, 1.54) is 8.61 Å². The summed E-state index contributed by atoms with van der Waals surface area (Å²) < 4.78 is 57.2. The highest BCUT2D eigenvalue weighted by Gasteiger charge is 2.44. The topological polar surface area (TPSA) is 74.8 Å². The van der Waals surface area contributed by atoms with Gasteiger partial charge in [-0.1, -0.05) is 65.7 Å². The Morgan fingerprint density at radius 2 is 1.03 bits per heavy atom. The number of hydrogen-bond acceptors (Lipinski definition) is 4. The molecule has 32 heavy (non-hydrogen) atoms. The monoisotopic (exact) mass is 470 g/mol. The maximum Gasteiger partial charge on any atom is 0.244 e. The molecule has 168 valence electrons. The van der Waals surface area contributed by atoms with E-state index in [9.17, 15) is 16.8 Å². The first-order valence-electron chi connectivity index (χ1n) is 10.4. The van der Waals surface area contributed by atoms with Crippen LogP contribution in [0.1, 0.15) is 29.3 Å². The van der Waals surface area contributed by atoms with E-state index in [0.717, 1.165) is 11.1 Å². The fourth-order valence-electron chi connectivity index (χ4n) is 3.92. The van der Waals surface area contributed by atoms with Crippen LogP contribution in [0.4, 0.5) is 0 Å². The lowest BCUT2D eigenvalue weighted by Crippen LogP contribution is -2.51. The van der Waals surface area contributed by atoms with Gasteiger partial charge < -0.3 is 0 Å². The molecule has 4 rings (SSSR count). The van der Waals surface area contributed by atoms with Crippen molar-refractivity contribution in [3.05, 3.63) is 95.6 Å². The molecule has 1 fully saturated rings. The zero-order chi connectivity index (χ0) is 22.9. The molecule has 0 aliphatic carbocycles. The third kappa shape index (κ3) is 4.23. The van der Waals surface area contributed by atoms with Crippen LogP contribution >= 0.6 is 0 Å². The molecule has 0 saturated carbocycles. The molecule has 0 N–H and O–H groups in total. The third-order valence-corrected chi connectivity index (χ3v) is 9.39. The van der Waals surface area contributed by atoms with Gasteiger partial charge >= 0.3 is 0 Å². The predicted octanol–water partition coefficient (Wildman–Crippen LogP) is 4.09. The molecule has 0 atom stereocenters. The van der Waals surface area contributed by atoms with Gasteiger partial charge in [0.05, 0.1) is 9.79 Å². The molecule has 0 radical (unpaired) electrons.